The van der Waals surface area contributed by atoms with Gasteiger partial charge in [0.15, 0.2) is 6.61 Å². The van der Waals surface area contributed by atoms with Crippen LogP contribution in [0.1, 0.15) is 6.42 Å². The van der Waals surface area contributed by atoms with Crippen molar-refractivity contribution in [2.45, 2.75) is 6.42 Å². The second-order valence-electron chi connectivity index (χ2n) is 6.24. The van der Waals surface area contributed by atoms with Crippen molar-refractivity contribution in [1.82, 2.24) is 0 Å². The van der Waals surface area contributed by atoms with Crippen molar-refractivity contribution in [3.8, 4) is 5.75 Å². The van der Waals surface area contributed by atoms with Crippen LogP contribution in [-0.4, -0.2) is 38.0 Å². The molecule has 3 rings (SSSR count). The molecule has 1 N–H and O–H groups in total. The Balaban J connectivity index is 1.52. The fraction of sp³-hybridized carbons (Fsp3) is 0.250. The van der Waals surface area contributed by atoms with Crippen LogP contribution in [-0.2, 0) is 19.1 Å². The van der Waals surface area contributed by atoms with Gasteiger partial charge in [-0.3, -0.25) is 14.4 Å². The molecule has 2 aromatic carbocycles. The summed E-state index contributed by atoms with van der Waals surface area (Å²) in [5, 5.41) is 2.96. The van der Waals surface area contributed by atoms with Crippen molar-refractivity contribution in [2.75, 3.05) is 30.5 Å². The third-order valence-corrected chi connectivity index (χ3v) is 4.67. The fourth-order valence-corrected chi connectivity index (χ4v) is 3.06. The van der Waals surface area contributed by atoms with Crippen molar-refractivity contribution in [2.24, 2.45) is 5.92 Å². The van der Waals surface area contributed by atoms with E-state index in [0.29, 0.717) is 22.1 Å². The van der Waals surface area contributed by atoms with E-state index in [9.17, 15) is 14.4 Å². The minimum Gasteiger partial charge on any atom is -0.497 e. The molecular weight excluding hydrogens is 384 g/mol. The smallest absolute Gasteiger partial charge is 0.311 e. The second-order valence-corrected chi connectivity index (χ2v) is 6.65. The van der Waals surface area contributed by atoms with Gasteiger partial charge in [0.25, 0.3) is 5.91 Å². The molecule has 28 heavy (non-hydrogen) atoms. The van der Waals surface area contributed by atoms with Crippen LogP contribution in [0.5, 0.6) is 5.75 Å². The highest BCUT2D eigenvalue weighted by atomic mass is 35.5. The van der Waals surface area contributed by atoms with Gasteiger partial charge in [-0.1, -0.05) is 23.7 Å². The largest absolute Gasteiger partial charge is 0.497 e. The fourth-order valence-electron chi connectivity index (χ4n) is 2.88. The standard InChI is InChI=1S/C20H19ClN2O5/c1-27-15-8-6-14(7-9-15)23-11-13(10-19(23)25)20(26)28-12-18(24)22-17-5-3-2-4-16(17)21/h2-9,13H,10-12H2,1H3,(H,22,24)/t13-/m1/s1. The zero-order chi connectivity index (χ0) is 20.1. The molecule has 1 aliphatic rings. The van der Waals surface area contributed by atoms with E-state index in [1.165, 1.54) is 4.90 Å². The molecule has 2 aromatic rings. The molecule has 1 atom stereocenters. The van der Waals surface area contributed by atoms with E-state index in [0.717, 1.165) is 0 Å². The molecule has 0 bridgehead atoms. The van der Waals surface area contributed by atoms with E-state index in [2.05, 4.69) is 5.32 Å². The van der Waals surface area contributed by atoms with E-state index in [1.807, 2.05) is 0 Å². The number of nitrogens with one attached hydrogen (secondary N) is 1. The summed E-state index contributed by atoms with van der Waals surface area (Å²) in [5.74, 6) is -1.21. The molecule has 0 saturated carbocycles. The number of amides is 2. The zero-order valence-corrected chi connectivity index (χ0v) is 15.9. The predicted octanol–water partition coefficient (Wildman–Crippen LogP) is 2.88. The second kappa shape index (κ2) is 8.75. The van der Waals surface area contributed by atoms with Crippen LogP contribution in [0.4, 0.5) is 11.4 Å². The number of para-hydroxylation sites is 1. The van der Waals surface area contributed by atoms with Gasteiger partial charge in [0.1, 0.15) is 5.75 Å². The highest BCUT2D eigenvalue weighted by molar-refractivity contribution is 6.33. The molecule has 7 nitrogen and oxygen atoms in total. The van der Waals surface area contributed by atoms with Crippen molar-refractivity contribution < 1.29 is 23.9 Å². The number of hydrogen-bond donors (Lipinski definition) is 1. The van der Waals surface area contributed by atoms with E-state index in [1.54, 1.807) is 55.6 Å². The summed E-state index contributed by atoms with van der Waals surface area (Å²) < 4.78 is 10.2. The van der Waals surface area contributed by atoms with Gasteiger partial charge >= 0.3 is 5.97 Å². The Labute approximate surface area is 167 Å². The van der Waals surface area contributed by atoms with Gasteiger partial charge in [-0.25, -0.2) is 0 Å². The molecule has 0 aliphatic carbocycles. The molecule has 0 spiro atoms. The minimum absolute atomic E-state index is 0.0387. The number of carbonyl (C=O) groups excluding carboxylic acids is 3. The van der Waals surface area contributed by atoms with Crippen molar-refractivity contribution in [3.63, 3.8) is 0 Å². The molecule has 0 radical (unpaired) electrons. The zero-order valence-electron chi connectivity index (χ0n) is 15.2. The Bertz CT molecular complexity index is 884. The topological polar surface area (TPSA) is 84.9 Å². The monoisotopic (exact) mass is 402 g/mol. The first-order chi connectivity index (χ1) is 13.5. The van der Waals surface area contributed by atoms with Gasteiger partial charge in [0, 0.05) is 18.7 Å². The molecule has 146 valence electrons. The van der Waals surface area contributed by atoms with Gasteiger partial charge < -0.3 is 19.7 Å². The number of halogens is 1. The lowest BCUT2D eigenvalue weighted by Crippen LogP contribution is -2.28. The Morgan fingerprint density at radius 1 is 1.18 bits per heavy atom. The SMILES string of the molecule is COc1ccc(N2C[C@H](C(=O)OCC(=O)Nc3ccccc3Cl)CC2=O)cc1. The van der Waals surface area contributed by atoms with E-state index < -0.39 is 24.4 Å². The molecule has 1 saturated heterocycles. The number of anilines is 2. The van der Waals surface area contributed by atoms with E-state index in [-0.39, 0.29) is 18.9 Å². The molecule has 1 fully saturated rings. The van der Waals surface area contributed by atoms with E-state index in [4.69, 9.17) is 21.1 Å². The predicted molar refractivity (Wildman–Crippen MR) is 104 cm³/mol. The number of esters is 1. The summed E-state index contributed by atoms with van der Waals surface area (Å²) in [7, 11) is 1.56. The number of hydrogen-bond acceptors (Lipinski definition) is 5. The Hall–Kier alpha value is -3.06. The van der Waals surface area contributed by atoms with Crippen LogP contribution in [0.3, 0.4) is 0 Å². The van der Waals surface area contributed by atoms with Crippen molar-refractivity contribution in [3.05, 3.63) is 53.6 Å². The van der Waals surface area contributed by atoms with Gasteiger partial charge in [-0.2, -0.15) is 0 Å². The Morgan fingerprint density at radius 2 is 1.89 bits per heavy atom. The lowest BCUT2D eigenvalue weighted by Gasteiger charge is -2.17. The highest BCUT2D eigenvalue weighted by Gasteiger charge is 2.36. The number of rotatable bonds is 6. The molecule has 0 unspecified atom stereocenters. The van der Waals surface area contributed by atoms with Crippen molar-refractivity contribution in [1.29, 1.82) is 0 Å². The lowest BCUT2D eigenvalue weighted by atomic mass is 10.1. The normalized spacial score (nSPS) is 16.0. The number of ether oxygens (including phenoxy) is 2. The number of nitrogens with zero attached hydrogens (tertiary/aromatic N) is 1. The van der Waals surface area contributed by atoms with Crippen LogP contribution in [0.25, 0.3) is 0 Å². The summed E-state index contributed by atoms with van der Waals surface area (Å²) >= 11 is 5.97. The Kier molecular flexibility index (Phi) is 6.16. The number of carbonyl (C=O) groups is 3. The van der Waals surface area contributed by atoms with Crippen LogP contribution >= 0.6 is 11.6 Å². The maximum absolute atomic E-state index is 12.3. The third kappa shape index (κ3) is 4.61. The first-order valence-electron chi connectivity index (χ1n) is 8.63. The molecule has 2 amide bonds. The van der Waals surface area contributed by atoms with E-state index >= 15 is 0 Å². The summed E-state index contributed by atoms with van der Waals surface area (Å²) in [6.07, 6.45) is 0.0387. The molecule has 1 aliphatic heterocycles. The van der Waals surface area contributed by atoms with Crippen molar-refractivity contribution >= 4 is 40.8 Å². The number of benzene rings is 2. The molecular formula is C20H19ClN2O5. The maximum Gasteiger partial charge on any atom is 0.311 e. The Morgan fingerprint density at radius 3 is 2.57 bits per heavy atom. The van der Waals surface area contributed by atoms with Crippen LogP contribution in [0.15, 0.2) is 48.5 Å². The highest BCUT2D eigenvalue weighted by Crippen LogP contribution is 2.27. The van der Waals surface area contributed by atoms with Gasteiger partial charge in [0.05, 0.1) is 23.7 Å². The van der Waals surface area contributed by atoms with Crippen LogP contribution in [0.2, 0.25) is 5.02 Å². The molecule has 8 heteroatoms. The average Bonchev–Trinajstić information content (AvgIpc) is 3.10. The van der Waals surface area contributed by atoms with Gasteiger partial charge in [-0.15, -0.1) is 0 Å². The van der Waals surface area contributed by atoms with Gasteiger partial charge in [-0.05, 0) is 36.4 Å². The molecule has 1 heterocycles. The summed E-state index contributed by atoms with van der Waals surface area (Å²) in [6.45, 7) is -0.243. The first kappa shape index (κ1) is 19.7. The van der Waals surface area contributed by atoms with Crippen LogP contribution in [0, 0.1) is 5.92 Å². The minimum atomic E-state index is -0.622. The quantitative estimate of drug-likeness (QED) is 0.751. The summed E-state index contributed by atoms with van der Waals surface area (Å²) in [4.78, 5) is 38.0. The van der Waals surface area contributed by atoms with Gasteiger partial charge in [0.2, 0.25) is 5.91 Å². The average molecular weight is 403 g/mol. The number of methoxy groups -OCH3 is 1. The lowest BCUT2D eigenvalue weighted by molar-refractivity contribution is -0.151. The maximum atomic E-state index is 12.3. The first-order valence-corrected chi connectivity index (χ1v) is 9.01. The third-order valence-electron chi connectivity index (χ3n) is 4.34. The summed E-state index contributed by atoms with van der Waals surface area (Å²) in [6, 6.07) is 13.7. The van der Waals surface area contributed by atoms with Crippen LogP contribution < -0.4 is 15.0 Å². The summed E-state index contributed by atoms with van der Waals surface area (Å²) in [5.41, 5.74) is 1.12. The molecule has 0 aromatic heterocycles.